The zero-order valence-electron chi connectivity index (χ0n) is 20.8. The second-order valence-electron chi connectivity index (χ2n) is 9.12. The highest BCUT2D eigenvalue weighted by Gasteiger charge is 2.30. The Morgan fingerprint density at radius 3 is 2.78 bits per heavy atom. The van der Waals surface area contributed by atoms with Crippen molar-refractivity contribution in [3.8, 4) is 21.7 Å². The SMILES string of the molecule is COCCNCCC(=O)Nc1sc2c(c1-c1nc3cc(-c4ccncc4)ccc3s1)CC(C)NC2C. The average molecular weight is 522 g/mol. The summed E-state index contributed by atoms with van der Waals surface area (Å²) in [5.41, 5.74) is 5.60. The molecule has 2 atom stereocenters. The number of carbonyl (C=O) groups is 1. The van der Waals surface area contributed by atoms with Crippen LogP contribution in [0.4, 0.5) is 5.00 Å². The van der Waals surface area contributed by atoms with Crippen LogP contribution in [0.5, 0.6) is 0 Å². The van der Waals surface area contributed by atoms with Crippen molar-refractivity contribution in [2.24, 2.45) is 0 Å². The lowest BCUT2D eigenvalue weighted by Crippen LogP contribution is -2.35. The lowest BCUT2D eigenvalue weighted by Gasteiger charge is -2.26. The Kier molecular flexibility index (Phi) is 7.73. The minimum Gasteiger partial charge on any atom is -0.383 e. The van der Waals surface area contributed by atoms with E-state index in [1.54, 1.807) is 29.8 Å². The molecule has 3 aromatic heterocycles. The van der Waals surface area contributed by atoms with Crippen LogP contribution in [0, 0.1) is 0 Å². The lowest BCUT2D eigenvalue weighted by molar-refractivity contribution is -0.116. The summed E-state index contributed by atoms with van der Waals surface area (Å²) in [7, 11) is 1.67. The van der Waals surface area contributed by atoms with Gasteiger partial charge in [-0.05, 0) is 61.2 Å². The highest BCUT2D eigenvalue weighted by molar-refractivity contribution is 7.23. The second kappa shape index (κ2) is 11.1. The number of hydrogen-bond donors (Lipinski definition) is 3. The summed E-state index contributed by atoms with van der Waals surface area (Å²) in [6, 6.07) is 11.0. The van der Waals surface area contributed by atoms with Gasteiger partial charge in [0.1, 0.15) is 10.0 Å². The number of pyridine rings is 1. The Labute approximate surface area is 219 Å². The van der Waals surface area contributed by atoms with Gasteiger partial charge in [-0.1, -0.05) is 6.07 Å². The second-order valence-corrected chi connectivity index (χ2v) is 11.2. The molecule has 4 aromatic rings. The quantitative estimate of drug-likeness (QED) is 0.261. The molecule has 1 aromatic carbocycles. The van der Waals surface area contributed by atoms with Crippen molar-refractivity contribution < 1.29 is 9.53 Å². The Balaban J connectivity index is 1.47. The summed E-state index contributed by atoms with van der Waals surface area (Å²) in [6.45, 7) is 6.39. The first kappa shape index (κ1) is 25.0. The number of nitrogens with one attached hydrogen (secondary N) is 3. The van der Waals surface area contributed by atoms with Crippen LogP contribution in [-0.4, -0.2) is 48.7 Å². The maximum absolute atomic E-state index is 12.8. The Morgan fingerprint density at radius 1 is 1.14 bits per heavy atom. The van der Waals surface area contributed by atoms with Gasteiger partial charge in [-0.25, -0.2) is 4.98 Å². The van der Waals surface area contributed by atoms with E-state index in [0.29, 0.717) is 25.6 Å². The van der Waals surface area contributed by atoms with Crippen molar-refractivity contribution in [1.29, 1.82) is 0 Å². The number of rotatable bonds is 9. The van der Waals surface area contributed by atoms with Crippen LogP contribution in [0.25, 0.3) is 31.9 Å². The van der Waals surface area contributed by atoms with Crippen molar-refractivity contribution in [2.45, 2.75) is 38.8 Å². The topological polar surface area (TPSA) is 88.2 Å². The Bertz CT molecular complexity index is 1350. The molecule has 0 fully saturated rings. The molecular formula is C27H31N5O2S2. The highest BCUT2D eigenvalue weighted by atomic mass is 32.1. The minimum atomic E-state index is 0.00880. The van der Waals surface area contributed by atoms with E-state index in [9.17, 15) is 4.79 Å². The third-order valence-electron chi connectivity index (χ3n) is 6.36. The number of amides is 1. The number of carbonyl (C=O) groups excluding carboxylic acids is 1. The molecule has 1 amide bonds. The molecule has 7 nitrogen and oxygen atoms in total. The van der Waals surface area contributed by atoms with E-state index < -0.39 is 0 Å². The summed E-state index contributed by atoms with van der Waals surface area (Å²) >= 11 is 3.37. The predicted molar refractivity (Wildman–Crippen MR) is 149 cm³/mol. The van der Waals surface area contributed by atoms with E-state index in [1.807, 2.05) is 24.5 Å². The average Bonchev–Trinajstić information content (AvgIpc) is 3.44. The maximum atomic E-state index is 12.8. The van der Waals surface area contributed by atoms with Gasteiger partial charge in [0.2, 0.25) is 5.91 Å². The van der Waals surface area contributed by atoms with Gasteiger partial charge in [0.15, 0.2) is 0 Å². The molecule has 0 saturated carbocycles. The Morgan fingerprint density at radius 2 is 1.97 bits per heavy atom. The highest BCUT2D eigenvalue weighted by Crippen LogP contribution is 2.47. The monoisotopic (exact) mass is 521 g/mol. The molecule has 188 valence electrons. The number of methoxy groups -OCH3 is 1. The van der Waals surface area contributed by atoms with Crippen LogP contribution in [-0.2, 0) is 16.0 Å². The van der Waals surface area contributed by atoms with E-state index in [4.69, 9.17) is 9.72 Å². The molecule has 5 rings (SSSR count). The molecule has 3 N–H and O–H groups in total. The van der Waals surface area contributed by atoms with Crippen LogP contribution < -0.4 is 16.0 Å². The molecule has 0 spiro atoms. The molecule has 9 heteroatoms. The normalized spacial score (nSPS) is 17.3. The van der Waals surface area contributed by atoms with Crippen molar-refractivity contribution in [2.75, 3.05) is 32.1 Å². The number of aromatic nitrogens is 2. The molecule has 2 unspecified atom stereocenters. The van der Waals surface area contributed by atoms with Gasteiger partial charge in [0.05, 0.1) is 16.8 Å². The van der Waals surface area contributed by atoms with Crippen molar-refractivity contribution in [1.82, 2.24) is 20.6 Å². The van der Waals surface area contributed by atoms with Crippen LogP contribution in [0.2, 0.25) is 0 Å². The largest absolute Gasteiger partial charge is 0.383 e. The van der Waals surface area contributed by atoms with Gasteiger partial charge in [0, 0.05) is 61.5 Å². The van der Waals surface area contributed by atoms with Gasteiger partial charge >= 0.3 is 0 Å². The standard InChI is InChI=1S/C27H31N5O2S2/c1-16-14-20-24(26-31-21-15-19(4-5-22(21)35-26)18-6-9-28-10-7-18)27(36-25(20)17(2)30-16)32-23(33)8-11-29-12-13-34-3/h4-7,9-10,15-17,29-30H,8,11-14H2,1-3H3,(H,32,33). The van der Waals surface area contributed by atoms with Gasteiger partial charge in [0.25, 0.3) is 0 Å². The summed E-state index contributed by atoms with van der Waals surface area (Å²) in [4.78, 5) is 23.3. The summed E-state index contributed by atoms with van der Waals surface area (Å²) in [5, 5.41) is 12.0. The fourth-order valence-electron chi connectivity index (χ4n) is 4.67. The molecule has 1 aliphatic heterocycles. The zero-order valence-corrected chi connectivity index (χ0v) is 22.4. The molecule has 0 saturated heterocycles. The van der Waals surface area contributed by atoms with E-state index >= 15 is 0 Å². The van der Waals surface area contributed by atoms with Crippen molar-refractivity contribution in [3.63, 3.8) is 0 Å². The molecule has 1 aliphatic rings. The van der Waals surface area contributed by atoms with Crippen molar-refractivity contribution >= 4 is 43.8 Å². The van der Waals surface area contributed by atoms with Gasteiger partial charge < -0.3 is 20.7 Å². The third kappa shape index (κ3) is 5.35. The van der Waals surface area contributed by atoms with Crippen molar-refractivity contribution in [3.05, 3.63) is 53.2 Å². The number of ether oxygens (including phenoxy) is 1. The Hall–Kier alpha value is -2.69. The van der Waals surface area contributed by atoms with Gasteiger partial charge in [-0.15, -0.1) is 22.7 Å². The number of thiazole rings is 1. The van der Waals surface area contributed by atoms with Crippen LogP contribution in [0.3, 0.4) is 0 Å². The molecule has 0 aliphatic carbocycles. The third-order valence-corrected chi connectivity index (χ3v) is 8.74. The zero-order chi connectivity index (χ0) is 25.1. The number of nitrogens with zero attached hydrogens (tertiary/aromatic N) is 2. The smallest absolute Gasteiger partial charge is 0.226 e. The summed E-state index contributed by atoms with van der Waals surface area (Å²) in [6.07, 6.45) is 4.94. The van der Waals surface area contributed by atoms with Crippen LogP contribution in [0.15, 0.2) is 42.7 Å². The summed E-state index contributed by atoms with van der Waals surface area (Å²) < 4.78 is 6.19. The first-order chi connectivity index (χ1) is 17.5. The molecule has 0 radical (unpaired) electrons. The van der Waals surface area contributed by atoms with E-state index in [1.165, 1.54) is 10.4 Å². The van der Waals surface area contributed by atoms with Crippen LogP contribution in [0.1, 0.15) is 36.8 Å². The van der Waals surface area contributed by atoms with Gasteiger partial charge in [-0.3, -0.25) is 9.78 Å². The molecule has 4 heterocycles. The fourth-order valence-corrected chi connectivity index (χ4v) is 7.02. The summed E-state index contributed by atoms with van der Waals surface area (Å²) in [5.74, 6) is 0.00880. The predicted octanol–water partition coefficient (Wildman–Crippen LogP) is 5.25. The van der Waals surface area contributed by atoms with E-state index in [0.717, 1.165) is 49.9 Å². The molecular weight excluding hydrogens is 490 g/mol. The maximum Gasteiger partial charge on any atom is 0.226 e. The van der Waals surface area contributed by atoms with Crippen LogP contribution >= 0.6 is 22.7 Å². The number of benzene rings is 1. The number of fused-ring (bicyclic) bond motifs is 2. The lowest BCUT2D eigenvalue weighted by atomic mass is 9.95. The fraction of sp³-hybridized carbons (Fsp3) is 0.370. The number of thiophene rings is 1. The molecule has 0 bridgehead atoms. The van der Waals surface area contributed by atoms with Gasteiger partial charge in [-0.2, -0.15) is 0 Å². The minimum absolute atomic E-state index is 0.00880. The van der Waals surface area contributed by atoms with E-state index in [2.05, 4.69) is 53.0 Å². The van der Waals surface area contributed by atoms with E-state index in [-0.39, 0.29) is 11.9 Å². The number of hydrogen-bond acceptors (Lipinski definition) is 8. The molecule has 36 heavy (non-hydrogen) atoms. The first-order valence-electron chi connectivity index (χ1n) is 12.3. The number of anilines is 1. The first-order valence-corrected chi connectivity index (χ1v) is 13.9.